The first kappa shape index (κ1) is 28.4. The number of imide groups is 1. The first-order valence-corrected chi connectivity index (χ1v) is 12.0. The van der Waals surface area contributed by atoms with Gasteiger partial charge < -0.3 is 29.3 Å². The second-order valence-electron chi connectivity index (χ2n) is 8.67. The van der Waals surface area contributed by atoms with Gasteiger partial charge in [-0.1, -0.05) is 17.7 Å². The standard InChI is InChI=1S/C27H24N4O10/c1-15-4-6-17(7-5-15)28-23(32)14-40-24-20(31(36)37)11-16(12-22(24)38-2)10-19-25(33)30(27(35)29-19)13-18-8-9-21(41-18)26(34)39-3/h4-12H,13-14H2,1-3H3,(H,28,32)(H,29,35)/b19-10-. The van der Waals surface area contributed by atoms with E-state index in [9.17, 15) is 29.3 Å². The molecule has 0 atom stereocenters. The summed E-state index contributed by atoms with van der Waals surface area (Å²) in [5.74, 6) is -2.31. The number of urea groups is 1. The molecule has 0 bridgehead atoms. The van der Waals surface area contributed by atoms with Crippen molar-refractivity contribution in [2.75, 3.05) is 26.1 Å². The fourth-order valence-electron chi connectivity index (χ4n) is 3.81. The van der Waals surface area contributed by atoms with Gasteiger partial charge in [-0.3, -0.25) is 24.6 Å². The number of nitro benzene ring substituents is 1. The summed E-state index contributed by atoms with van der Waals surface area (Å²) < 4.78 is 20.6. The molecule has 0 saturated carbocycles. The highest BCUT2D eigenvalue weighted by molar-refractivity contribution is 6.14. The fraction of sp³-hybridized carbons (Fsp3) is 0.185. The van der Waals surface area contributed by atoms with Gasteiger partial charge in [0.05, 0.1) is 25.7 Å². The Hall–Kier alpha value is -5.66. The molecule has 2 aromatic carbocycles. The van der Waals surface area contributed by atoms with Gasteiger partial charge in [-0.25, -0.2) is 9.59 Å². The second-order valence-corrected chi connectivity index (χ2v) is 8.67. The van der Waals surface area contributed by atoms with Crippen molar-refractivity contribution in [1.29, 1.82) is 0 Å². The van der Waals surface area contributed by atoms with E-state index in [1.807, 2.05) is 19.1 Å². The van der Waals surface area contributed by atoms with E-state index in [1.54, 1.807) is 12.1 Å². The van der Waals surface area contributed by atoms with E-state index in [1.165, 1.54) is 38.5 Å². The number of amides is 4. The van der Waals surface area contributed by atoms with Crippen LogP contribution in [0.3, 0.4) is 0 Å². The molecular formula is C27H24N4O10. The summed E-state index contributed by atoms with van der Waals surface area (Å²) in [5, 5.41) is 16.9. The number of hydrogen-bond acceptors (Lipinski definition) is 10. The second kappa shape index (κ2) is 12.0. The van der Waals surface area contributed by atoms with Crippen LogP contribution in [0.25, 0.3) is 6.08 Å². The Morgan fingerprint density at radius 3 is 2.51 bits per heavy atom. The molecule has 0 aliphatic carbocycles. The predicted octanol–water partition coefficient (Wildman–Crippen LogP) is 3.40. The van der Waals surface area contributed by atoms with Gasteiger partial charge in [0.15, 0.2) is 12.4 Å². The van der Waals surface area contributed by atoms with Crippen molar-refractivity contribution in [3.8, 4) is 11.5 Å². The van der Waals surface area contributed by atoms with Crippen molar-refractivity contribution in [3.05, 3.63) is 87.0 Å². The van der Waals surface area contributed by atoms with Crippen molar-refractivity contribution in [3.63, 3.8) is 0 Å². The normalized spacial score (nSPS) is 13.6. The number of rotatable bonds is 10. The Balaban J connectivity index is 1.52. The molecule has 212 valence electrons. The average molecular weight is 565 g/mol. The maximum Gasteiger partial charge on any atom is 0.373 e. The Morgan fingerprint density at radius 1 is 1.12 bits per heavy atom. The van der Waals surface area contributed by atoms with Crippen LogP contribution in [0.1, 0.15) is 27.4 Å². The lowest BCUT2D eigenvalue weighted by atomic mass is 10.1. The van der Waals surface area contributed by atoms with E-state index < -0.39 is 41.0 Å². The molecule has 0 unspecified atom stereocenters. The first-order chi connectivity index (χ1) is 19.6. The number of hydrogen-bond donors (Lipinski definition) is 2. The smallest absolute Gasteiger partial charge is 0.373 e. The molecule has 14 heteroatoms. The molecule has 1 aliphatic heterocycles. The van der Waals surface area contributed by atoms with Crippen LogP contribution in [-0.4, -0.2) is 54.5 Å². The molecule has 41 heavy (non-hydrogen) atoms. The number of esters is 1. The van der Waals surface area contributed by atoms with Gasteiger partial charge in [0.2, 0.25) is 11.5 Å². The molecule has 4 rings (SSSR count). The van der Waals surface area contributed by atoms with Crippen LogP contribution >= 0.6 is 0 Å². The molecule has 1 aliphatic rings. The highest BCUT2D eigenvalue weighted by Crippen LogP contribution is 2.39. The van der Waals surface area contributed by atoms with Crippen molar-refractivity contribution in [2.45, 2.75) is 13.5 Å². The maximum atomic E-state index is 12.9. The molecule has 14 nitrogen and oxygen atoms in total. The number of carbonyl (C=O) groups is 4. The summed E-state index contributed by atoms with van der Waals surface area (Å²) in [6.45, 7) is 1.08. The van der Waals surface area contributed by atoms with E-state index in [2.05, 4.69) is 15.4 Å². The molecule has 4 amide bonds. The molecule has 2 N–H and O–H groups in total. The lowest BCUT2D eigenvalue weighted by Gasteiger charge is -2.12. The lowest BCUT2D eigenvalue weighted by Crippen LogP contribution is -2.30. The third-order valence-corrected chi connectivity index (χ3v) is 5.79. The molecule has 0 radical (unpaired) electrons. The number of nitrogens with one attached hydrogen (secondary N) is 2. The van der Waals surface area contributed by atoms with Crippen LogP contribution in [0.4, 0.5) is 16.2 Å². The third kappa shape index (κ3) is 6.50. The van der Waals surface area contributed by atoms with Gasteiger partial charge in [0.25, 0.3) is 11.8 Å². The molecule has 3 aromatic rings. The number of methoxy groups -OCH3 is 2. The van der Waals surface area contributed by atoms with Crippen molar-refractivity contribution in [2.24, 2.45) is 0 Å². The van der Waals surface area contributed by atoms with Crippen molar-refractivity contribution >= 4 is 41.3 Å². The zero-order chi connectivity index (χ0) is 29.7. The lowest BCUT2D eigenvalue weighted by molar-refractivity contribution is -0.385. The Kier molecular flexibility index (Phi) is 8.32. The SMILES string of the molecule is COC(=O)c1ccc(CN2C(=O)N/C(=C\c3cc(OC)c(OCC(=O)Nc4ccc(C)cc4)c([N+](=O)[O-])c3)C2=O)o1. The summed E-state index contributed by atoms with van der Waals surface area (Å²) in [6, 6.07) is 11.5. The monoisotopic (exact) mass is 564 g/mol. The summed E-state index contributed by atoms with van der Waals surface area (Å²) in [7, 11) is 2.44. The number of carbonyl (C=O) groups excluding carboxylic acids is 4. The minimum atomic E-state index is -0.765. The van der Waals surface area contributed by atoms with Crippen LogP contribution in [0.5, 0.6) is 11.5 Å². The number of nitro groups is 1. The number of anilines is 1. The molecule has 1 saturated heterocycles. The molecular weight excluding hydrogens is 540 g/mol. The van der Waals surface area contributed by atoms with Gasteiger partial charge in [-0.2, -0.15) is 0 Å². The number of ether oxygens (including phenoxy) is 3. The highest BCUT2D eigenvalue weighted by Gasteiger charge is 2.35. The van der Waals surface area contributed by atoms with E-state index >= 15 is 0 Å². The Bertz CT molecular complexity index is 1560. The number of benzene rings is 2. The zero-order valence-electron chi connectivity index (χ0n) is 22.1. The minimum absolute atomic E-state index is 0.0752. The van der Waals surface area contributed by atoms with Crippen molar-refractivity contribution < 1.29 is 42.7 Å². The predicted molar refractivity (Wildman–Crippen MR) is 142 cm³/mol. The summed E-state index contributed by atoms with van der Waals surface area (Å²) in [5.41, 5.74) is 0.978. The topological polar surface area (TPSA) is 180 Å². The van der Waals surface area contributed by atoms with Crippen molar-refractivity contribution in [1.82, 2.24) is 10.2 Å². The van der Waals surface area contributed by atoms with E-state index in [4.69, 9.17) is 13.9 Å². The van der Waals surface area contributed by atoms with Crippen LogP contribution < -0.4 is 20.1 Å². The maximum absolute atomic E-state index is 12.9. The van der Waals surface area contributed by atoms with E-state index in [0.29, 0.717) is 5.69 Å². The van der Waals surface area contributed by atoms with Gasteiger partial charge >= 0.3 is 17.7 Å². The van der Waals surface area contributed by atoms with E-state index in [0.717, 1.165) is 16.5 Å². The quantitative estimate of drug-likeness (QED) is 0.122. The highest BCUT2D eigenvalue weighted by atomic mass is 16.6. The average Bonchev–Trinajstić information content (AvgIpc) is 3.52. The molecule has 0 spiro atoms. The van der Waals surface area contributed by atoms with E-state index in [-0.39, 0.29) is 40.8 Å². The van der Waals surface area contributed by atoms with Crippen LogP contribution in [0.15, 0.2) is 58.6 Å². The van der Waals surface area contributed by atoms with Gasteiger partial charge in [-0.15, -0.1) is 0 Å². The third-order valence-electron chi connectivity index (χ3n) is 5.79. The van der Waals surface area contributed by atoms with Gasteiger partial charge in [0, 0.05) is 11.8 Å². The van der Waals surface area contributed by atoms with Crippen LogP contribution in [0, 0.1) is 17.0 Å². The summed E-state index contributed by atoms with van der Waals surface area (Å²) in [4.78, 5) is 61.3. The van der Waals surface area contributed by atoms with Gasteiger partial charge in [-0.05, 0) is 48.9 Å². The molecule has 1 fully saturated rings. The first-order valence-electron chi connectivity index (χ1n) is 12.0. The van der Waals surface area contributed by atoms with Gasteiger partial charge in [0.1, 0.15) is 11.5 Å². The summed E-state index contributed by atoms with van der Waals surface area (Å²) in [6.07, 6.45) is 1.23. The molecule has 2 heterocycles. The Labute approximate surface area is 232 Å². The number of aryl methyl sites for hydroxylation is 1. The fourth-order valence-corrected chi connectivity index (χ4v) is 3.81. The summed E-state index contributed by atoms with van der Waals surface area (Å²) >= 11 is 0. The molecule has 1 aromatic heterocycles. The van der Waals surface area contributed by atoms with Crippen LogP contribution in [-0.2, 0) is 20.9 Å². The minimum Gasteiger partial charge on any atom is -0.493 e. The van der Waals surface area contributed by atoms with Crippen LogP contribution in [0.2, 0.25) is 0 Å². The number of nitrogens with zero attached hydrogens (tertiary/aromatic N) is 2. The zero-order valence-corrected chi connectivity index (χ0v) is 22.1. The Morgan fingerprint density at radius 2 is 1.85 bits per heavy atom. The largest absolute Gasteiger partial charge is 0.493 e. The number of furan rings is 1.